The van der Waals surface area contributed by atoms with E-state index in [1.807, 2.05) is 6.92 Å². The molecule has 0 heterocycles. The van der Waals surface area contributed by atoms with E-state index in [2.05, 4.69) is 0 Å². The lowest BCUT2D eigenvalue weighted by Gasteiger charge is -2.09. The predicted molar refractivity (Wildman–Crippen MR) is 57.5 cm³/mol. The summed E-state index contributed by atoms with van der Waals surface area (Å²) in [5.41, 5.74) is 0.167. The van der Waals surface area contributed by atoms with Crippen molar-refractivity contribution in [1.82, 2.24) is 0 Å². The lowest BCUT2D eigenvalue weighted by molar-refractivity contribution is 0.340. The van der Waals surface area contributed by atoms with Crippen molar-refractivity contribution in [3.63, 3.8) is 0 Å². The van der Waals surface area contributed by atoms with Gasteiger partial charge in [-0.25, -0.2) is 0 Å². The Morgan fingerprint density at radius 1 is 1.29 bits per heavy atom. The van der Waals surface area contributed by atoms with Crippen LogP contribution in [0.25, 0.3) is 0 Å². The topological polar surface area (TPSA) is 49.7 Å². The number of halogens is 2. The Morgan fingerprint density at radius 3 is 2.43 bits per heavy atom. The second-order valence-electron chi connectivity index (χ2n) is 2.61. The molecule has 76 valence electrons. The summed E-state index contributed by atoms with van der Waals surface area (Å²) in [4.78, 5) is 0. The maximum atomic E-state index is 8.92. The summed E-state index contributed by atoms with van der Waals surface area (Å²) in [7, 11) is -1.63. The second kappa shape index (κ2) is 4.89. The molecule has 0 aliphatic heterocycles. The third kappa shape index (κ3) is 2.54. The summed E-state index contributed by atoms with van der Waals surface area (Å²) in [6.07, 6.45) is 0. The zero-order valence-electron chi connectivity index (χ0n) is 7.50. The van der Waals surface area contributed by atoms with Crippen LogP contribution in [0, 0.1) is 0 Å². The van der Waals surface area contributed by atoms with Crippen LogP contribution in [0.1, 0.15) is 6.92 Å². The molecule has 0 unspecified atom stereocenters. The Balaban J connectivity index is 3.10. The molecule has 0 atom stereocenters. The van der Waals surface area contributed by atoms with Gasteiger partial charge in [0.2, 0.25) is 0 Å². The zero-order chi connectivity index (χ0) is 10.7. The third-order valence-corrected chi connectivity index (χ3v) is 2.25. The Hall–Kier alpha value is -0.415. The average molecular weight is 235 g/mol. The van der Waals surface area contributed by atoms with E-state index >= 15 is 0 Å². The number of benzene rings is 1. The van der Waals surface area contributed by atoms with Gasteiger partial charge in [-0.05, 0) is 19.1 Å². The minimum absolute atomic E-state index is 0.167. The van der Waals surface area contributed by atoms with Gasteiger partial charge in [0.1, 0.15) is 5.75 Å². The molecule has 0 bridgehead atoms. The van der Waals surface area contributed by atoms with Gasteiger partial charge in [0.15, 0.2) is 0 Å². The molecule has 14 heavy (non-hydrogen) atoms. The monoisotopic (exact) mass is 234 g/mol. The minimum Gasteiger partial charge on any atom is -0.492 e. The quantitative estimate of drug-likeness (QED) is 0.770. The van der Waals surface area contributed by atoms with Crippen molar-refractivity contribution >= 4 is 35.8 Å². The second-order valence-corrected chi connectivity index (χ2v) is 3.43. The Labute approximate surface area is 92.4 Å². The van der Waals surface area contributed by atoms with E-state index in [1.165, 1.54) is 12.1 Å². The van der Waals surface area contributed by atoms with Crippen LogP contribution < -0.4 is 10.2 Å². The van der Waals surface area contributed by atoms with Gasteiger partial charge >= 0.3 is 7.12 Å². The first-order valence-corrected chi connectivity index (χ1v) is 4.79. The molecule has 1 aromatic carbocycles. The molecule has 3 nitrogen and oxygen atoms in total. The van der Waals surface area contributed by atoms with E-state index < -0.39 is 7.12 Å². The number of hydrogen-bond donors (Lipinski definition) is 2. The van der Waals surface area contributed by atoms with E-state index in [4.69, 9.17) is 38.0 Å². The van der Waals surface area contributed by atoms with E-state index in [0.717, 1.165) is 0 Å². The third-order valence-electron chi connectivity index (χ3n) is 1.63. The first-order valence-electron chi connectivity index (χ1n) is 4.04. The van der Waals surface area contributed by atoms with Gasteiger partial charge in [0.05, 0.1) is 11.6 Å². The molecule has 0 fully saturated rings. The highest BCUT2D eigenvalue weighted by molar-refractivity contribution is 6.63. The first-order chi connectivity index (χ1) is 6.56. The normalized spacial score (nSPS) is 10.1. The average Bonchev–Trinajstić information content (AvgIpc) is 2.10. The maximum absolute atomic E-state index is 8.92. The summed E-state index contributed by atoms with van der Waals surface area (Å²) >= 11 is 11.6. The number of ether oxygens (including phenoxy) is 1. The maximum Gasteiger partial charge on any atom is 0.490 e. The van der Waals surface area contributed by atoms with Crippen molar-refractivity contribution in [2.24, 2.45) is 0 Å². The molecule has 0 aliphatic rings. The van der Waals surface area contributed by atoms with Crippen molar-refractivity contribution in [3.8, 4) is 5.75 Å². The van der Waals surface area contributed by atoms with E-state index in [-0.39, 0.29) is 10.5 Å². The largest absolute Gasteiger partial charge is 0.492 e. The van der Waals surface area contributed by atoms with Crippen LogP contribution in [0.3, 0.4) is 0 Å². The molecule has 6 heteroatoms. The first kappa shape index (κ1) is 11.7. The number of hydrogen-bond acceptors (Lipinski definition) is 3. The molecule has 2 N–H and O–H groups in total. The van der Waals surface area contributed by atoms with Gasteiger partial charge in [0.25, 0.3) is 0 Å². The molecule has 1 aromatic rings. The lowest BCUT2D eigenvalue weighted by atomic mass is 9.80. The lowest BCUT2D eigenvalue weighted by Crippen LogP contribution is -2.30. The summed E-state index contributed by atoms with van der Waals surface area (Å²) in [6, 6.07) is 2.84. The Kier molecular flexibility index (Phi) is 4.07. The summed E-state index contributed by atoms with van der Waals surface area (Å²) in [5, 5.41) is 18.4. The molecule has 0 aromatic heterocycles. The van der Waals surface area contributed by atoms with Crippen molar-refractivity contribution < 1.29 is 14.8 Å². The molecule has 0 saturated heterocycles. The van der Waals surface area contributed by atoms with Crippen molar-refractivity contribution in [2.75, 3.05) is 6.61 Å². The minimum atomic E-state index is -1.63. The van der Waals surface area contributed by atoms with Crippen LogP contribution >= 0.6 is 23.2 Å². The van der Waals surface area contributed by atoms with Crippen LogP contribution in [-0.4, -0.2) is 23.8 Å². The molecular formula is C8H9BCl2O3. The van der Waals surface area contributed by atoms with Gasteiger partial charge in [-0.15, -0.1) is 0 Å². The summed E-state index contributed by atoms with van der Waals surface area (Å²) in [6.45, 7) is 2.29. The highest BCUT2D eigenvalue weighted by Gasteiger charge is 2.17. The van der Waals surface area contributed by atoms with Crippen LogP contribution in [0.5, 0.6) is 5.75 Å². The highest BCUT2D eigenvalue weighted by Crippen LogP contribution is 2.26. The fraction of sp³-hybridized carbons (Fsp3) is 0.250. The van der Waals surface area contributed by atoms with Crippen LogP contribution in [0.15, 0.2) is 12.1 Å². The highest BCUT2D eigenvalue weighted by atomic mass is 35.5. The summed E-state index contributed by atoms with van der Waals surface area (Å²) < 4.78 is 5.17. The SMILES string of the molecule is CCOc1cc(Cl)c(B(O)O)cc1Cl. The fourth-order valence-corrected chi connectivity index (χ4v) is 1.49. The van der Waals surface area contributed by atoms with Crippen LogP contribution in [-0.2, 0) is 0 Å². The van der Waals surface area contributed by atoms with Crippen molar-refractivity contribution in [3.05, 3.63) is 22.2 Å². The zero-order valence-corrected chi connectivity index (χ0v) is 9.01. The standard InChI is InChI=1S/C8H9BCl2O3/c1-2-14-8-4-6(10)5(9(12)13)3-7(8)11/h3-4,12-13H,2H2,1H3. The van der Waals surface area contributed by atoms with Crippen molar-refractivity contribution in [2.45, 2.75) is 6.92 Å². The molecule has 0 spiro atoms. The molecule has 0 saturated carbocycles. The molecule has 1 rings (SSSR count). The van der Waals surface area contributed by atoms with Gasteiger partial charge in [-0.1, -0.05) is 23.2 Å². The van der Waals surface area contributed by atoms with Gasteiger partial charge in [0, 0.05) is 10.5 Å². The van der Waals surface area contributed by atoms with Crippen LogP contribution in [0.2, 0.25) is 10.0 Å². The van der Waals surface area contributed by atoms with Gasteiger partial charge in [-0.2, -0.15) is 0 Å². The summed E-state index contributed by atoms with van der Waals surface area (Å²) in [5.74, 6) is 0.434. The van der Waals surface area contributed by atoms with E-state index in [9.17, 15) is 0 Å². The molecule has 0 radical (unpaired) electrons. The van der Waals surface area contributed by atoms with Crippen LogP contribution in [0.4, 0.5) is 0 Å². The Morgan fingerprint density at radius 2 is 1.93 bits per heavy atom. The van der Waals surface area contributed by atoms with E-state index in [1.54, 1.807) is 0 Å². The van der Waals surface area contributed by atoms with Crippen molar-refractivity contribution in [1.29, 1.82) is 0 Å². The predicted octanol–water partition coefficient (Wildman–Crippen LogP) is 1.07. The van der Waals surface area contributed by atoms with Gasteiger partial charge < -0.3 is 14.8 Å². The van der Waals surface area contributed by atoms with E-state index in [0.29, 0.717) is 17.4 Å². The fourth-order valence-electron chi connectivity index (χ4n) is 1.01. The molecular weight excluding hydrogens is 226 g/mol. The Bertz CT molecular complexity index is 331. The van der Waals surface area contributed by atoms with Gasteiger partial charge in [-0.3, -0.25) is 0 Å². The smallest absolute Gasteiger partial charge is 0.490 e. The number of rotatable bonds is 3. The molecule has 0 aliphatic carbocycles. The molecule has 0 amide bonds.